The van der Waals surface area contributed by atoms with Crippen LogP contribution in [-0.2, 0) is 26.2 Å². The molecular formula is C25H35N3O4S. The Morgan fingerprint density at radius 3 is 2.12 bits per heavy atom. The average Bonchev–Trinajstić information content (AvgIpc) is 2.74. The molecular weight excluding hydrogens is 438 g/mol. The van der Waals surface area contributed by atoms with E-state index in [4.69, 9.17) is 0 Å². The summed E-state index contributed by atoms with van der Waals surface area (Å²) in [5.74, 6) is -0.685. The standard InChI is InChI=1S/C25H35N3O4S/c1-7-23(25(30)26-8-2)27(16-21-12-9-18(3)10-13-21)24(29)17-28(33(6,31)32)22-14-11-19(4)20(5)15-22/h9-15,23H,7-8,16-17H2,1-6H3,(H,26,30). The van der Waals surface area contributed by atoms with Gasteiger partial charge < -0.3 is 10.2 Å². The van der Waals surface area contributed by atoms with Gasteiger partial charge in [0.2, 0.25) is 21.8 Å². The van der Waals surface area contributed by atoms with Crippen molar-refractivity contribution in [2.45, 2.75) is 53.6 Å². The van der Waals surface area contributed by atoms with Crippen molar-refractivity contribution in [3.8, 4) is 0 Å². The molecule has 0 saturated heterocycles. The van der Waals surface area contributed by atoms with E-state index >= 15 is 0 Å². The molecule has 0 spiro atoms. The lowest BCUT2D eigenvalue weighted by atomic mass is 10.1. The Morgan fingerprint density at radius 1 is 0.970 bits per heavy atom. The van der Waals surface area contributed by atoms with Crippen molar-refractivity contribution >= 4 is 27.5 Å². The number of hydrogen-bond donors (Lipinski definition) is 1. The third kappa shape index (κ3) is 7.05. The minimum absolute atomic E-state index is 0.208. The minimum atomic E-state index is -3.73. The number of nitrogens with zero attached hydrogens (tertiary/aromatic N) is 2. The summed E-state index contributed by atoms with van der Waals surface area (Å²) < 4.78 is 26.4. The fourth-order valence-corrected chi connectivity index (χ4v) is 4.44. The van der Waals surface area contributed by atoms with E-state index < -0.39 is 22.0 Å². The molecule has 1 unspecified atom stereocenters. The molecule has 180 valence electrons. The van der Waals surface area contributed by atoms with Crippen molar-refractivity contribution < 1.29 is 18.0 Å². The lowest BCUT2D eigenvalue weighted by Gasteiger charge is -2.33. The van der Waals surface area contributed by atoms with Crippen LogP contribution in [0.25, 0.3) is 0 Å². The first kappa shape index (κ1) is 26.4. The second-order valence-corrected chi connectivity index (χ2v) is 10.3. The molecule has 0 bridgehead atoms. The van der Waals surface area contributed by atoms with E-state index in [1.165, 1.54) is 4.90 Å². The summed E-state index contributed by atoms with van der Waals surface area (Å²) in [4.78, 5) is 27.8. The molecule has 0 fully saturated rings. The third-order valence-electron chi connectivity index (χ3n) is 5.67. The third-order valence-corrected chi connectivity index (χ3v) is 6.81. The predicted molar refractivity (Wildman–Crippen MR) is 133 cm³/mol. The highest BCUT2D eigenvalue weighted by molar-refractivity contribution is 7.92. The lowest BCUT2D eigenvalue weighted by Crippen LogP contribution is -2.52. The highest BCUT2D eigenvalue weighted by Gasteiger charge is 2.31. The normalized spacial score (nSPS) is 12.2. The molecule has 0 aliphatic rings. The first-order chi connectivity index (χ1) is 15.5. The van der Waals surface area contributed by atoms with Gasteiger partial charge in [-0.05, 0) is 62.9 Å². The number of carbonyl (C=O) groups excluding carboxylic acids is 2. The van der Waals surface area contributed by atoms with Gasteiger partial charge in [-0.25, -0.2) is 8.42 Å². The second-order valence-electron chi connectivity index (χ2n) is 8.36. The SMILES string of the molecule is CCNC(=O)C(CC)N(Cc1ccc(C)cc1)C(=O)CN(c1ccc(C)c(C)c1)S(C)(=O)=O. The maximum absolute atomic E-state index is 13.5. The summed E-state index contributed by atoms with van der Waals surface area (Å²) in [6.45, 7) is 9.74. The number of sulfonamides is 1. The van der Waals surface area contributed by atoms with Gasteiger partial charge in [0.25, 0.3) is 0 Å². The Kier molecular flexibility index (Phi) is 9.05. The first-order valence-corrected chi connectivity index (χ1v) is 13.0. The Balaban J connectivity index is 2.44. The molecule has 0 aliphatic heterocycles. The number of rotatable bonds is 10. The van der Waals surface area contributed by atoms with Crippen molar-refractivity contribution in [3.63, 3.8) is 0 Å². The summed E-state index contributed by atoms with van der Waals surface area (Å²) in [6, 6.07) is 12.3. The van der Waals surface area contributed by atoms with E-state index in [1.54, 1.807) is 12.1 Å². The van der Waals surface area contributed by atoms with E-state index in [-0.39, 0.29) is 19.0 Å². The highest BCUT2D eigenvalue weighted by Crippen LogP contribution is 2.22. The van der Waals surface area contributed by atoms with Gasteiger partial charge in [0, 0.05) is 13.1 Å². The van der Waals surface area contributed by atoms with Crippen molar-refractivity contribution in [1.82, 2.24) is 10.2 Å². The second kappa shape index (κ2) is 11.3. The Morgan fingerprint density at radius 2 is 1.61 bits per heavy atom. The fourth-order valence-electron chi connectivity index (χ4n) is 3.60. The zero-order chi connectivity index (χ0) is 24.8. The number of nitrogens with one attached hydrogen (secondary N) is 1. The quantitative estimate of drug-likeness (QED) is 0.574. The molecule has 8 heteroatoms. The van der Waals surface area contributed by atoms with Crippen LogP contribution in [-0.4, -0.2) is 50.5 Å². The van der Waals surface area contributed by atoms with E-state index in [0.717, 1.165) is 32.8 Å². The van der Waals surface area contributed by atoms with Gasteiger partial charge in [0.15, 0.2) is 0 Å². The Hall–Kier alpha value is -2.87. The molecule has 0 heterocycles. The smallest absolute Gasteiger partial charge is 0.244 e. The van der Waals surface area contributed by atoms with Gasteiger partial charge in [-0.2, -0.15) is 0 Å². The Labute approximate surface area is 197 Å². The molecule has 33 heavy (non-hydrogen) atoms. The number of amides is 2. The molecule has 2 rings (SSSR count). The molecule has 7 nitrogen and oxygen atoms in total. The summed E-state index contributed by atoms with van der Waals surface area (Å²) in [7, 11) is -3.73. The van der Waals surface area contributed by atoms with Gasteiger partial charge >= 0.3 is 0 Å². The number of carbonyl (C=O) groups is 2. The van der Waals surface area contributed by atoms with E-state index in [0.29, 0.717) is 18.7 Å². The molecule has 2 amide bonds. The van der Waals surface area contributed by atoms with Crippen LogP contribution < -0.4 is 9.62 Å². The summed E-state index contributed by atoms with van der Waals surface area (Å²) in [5, 5.41) is 2.79. The zero-order valence-corrected chi connectivity index (χ0v) is 21.2. The minimum Gasteiger partial charge on any atom is -0.355 e. The first-order valence-electron chi connectivity index (χ1n) is 11.2. The van der Waals surface area contributed by atoms with E-state index in [2.05, 4.69) is 5.32 Å². The van der Waals surface area contributed by atoms with Crippen LogP contribution in [0.1, 0.15) is 42.5 Å². The molecule has 1 atom stereocenters. The fraction of sp³-hybridized carbons (Fsp3) is 0.440. The molecule has 0 aliphatic carbocycles. The highest BCUT2D eigenvalue weighted by atomic mass is 32.2. The monoisotopic (exact) mass is 473 g/mol. The van der Waals surface area contributed by atoms with Crippen molar-refractivity contribution in [2.75, 3.05) is 23.7 Å². The summed E-state index contributed by atoms with van der Waals surface area (Å²) in [6.07, 6.45) is 1.49. The van der Waals surface area contributed by atoms with Crippen LogP contribution in [0.4, 0.5) is 5.69 Å². The number of benzene rings is 2. The largest absolute Gasteiger partial charge is 0.355 e. The number of likely N-dealkylation sites (N-methyl/N-ethyl adjacent to an activating group) is 1. The predicted octanol–water partition coefficient (Wildman–Crippen LogP) is 3.32. The van der Waals surface area contributed by atoms with Crippen LogP contribution in [0.15, 0.2) is 42.5 Å². The molecule has 0 aromatic heterocycles. The molecule has 0 radical (unpaired) electrons. The van der Waals surface area contributed by atoms with Crippen LogP contribution >= 0.6 is 0 Å². The maximum Gasteiger partial charge on any atom is 0.244 e. The number of aryl methyl sites for hydroxylation is 3. The molecule has 0 saturated carbocycles. The van der Waals surface area contributed by atoms with Gasteiger partial charge in [0.05, 0.1) is 11.9 Å². The van der Waals surface area contributed by atoms with Crippen molar-refractivity contribution in [1.29, 1.82) is 0 Å². The van der Waals surface area contributed by atoms with Crippen LogP contribution in [0.2, 0.25) is 0 Å². The van der Waals surface area contributed by atoms with Gasteiger partial charge in [0.1, 0.15) is 12.6 Å². The molecule has 2 aromatic rings. The zero-order valence-electron chi connectivity index (χ0n) is 20.4. The summed E-state index contributed by atoms with van der Waals surface area (Å²) >= 11 is 0. The molecule has 2 aromatic carbocycles. The maximum atomic E-state index is 13.5. The van der Waals surface area contributed by atoms with Crippen molar-refractivity contribution in [3.05, 3.63) is 64.7 Å². The lowest BCUT2D eigenvalue weighted by molar-refractivity contribution is -0.140. The van der Waals surface area contributed by atoms with Crippen LogP contribution in [0.5, 0.6) is 0 Å². The molecule has 1 N–H and O–H groups in total. The van der Waals surface area contributed by atoms with Crippen LogP contribution in [0, 0.1) is 20.8 Å². The van der Waals surface area contributed by atoms with Crippen LogP contribution in [0.3, 0.4) is 0 Å². The number of anilines is 1. The van der Waals surface area contributed by atoms with E-state index in [1.807, 2.05) is 65.0 Å². The van der Waals surface area contributed by atoms with Gasteiger partial charge in [-0.1, -0.05) is 42.8 Å². The number of hydrogen-bond acceptors (Lipinski definition) is 4. The summed E-state index contributed by atoms with van der Waals surface area (Å²) in [5.41, 5.74) is 4.34. The van der Waals surface area contributed by atoms with Crippen molar-refractivity contribution in [2.24, 2.45) is 0 Å². The Bertz CT molecular complexity index is 1080. The topological polar surface area (TPSA) is 86.8 Å². The van der Waals surface area contributed by atoms with Gasteiger partial charge in [-0.3, -0.25) is 13.9 Å². The average molecular weight is 474 g/mol. The van der Waals surface area contributed by atoms with E-state index in [9.17, 15) is 18.0 Å². The van der Waals surface area contributed by atoms with Gasteiger partial charge in [-0.15, -0.1) is 0 Å².